The van der Waals surface area contributed by atoms with E-state index in [0.29, 0.717) is 6.04 Å². The highest BCUT2D eigenvalue weighted by atomic mass is 35.5. The van der Waals surface area contributed by atoms with Crippen LogP contribution in [0.15, 0.2) is 54.6 Å². The molecule has 1 N–H and O–H groups in total. The van der Waals surface area contributed by atoms with Crippen molar-refractivity contribution in [3.63, 3.8) is 0 Å². The summed E-state index contributed by atoms with van der Waals surface area (Å²) in [5.41, 5.74) is 2.69. The highest BCUT2D eigenvalue weighted by Gasteiger charge is 2.20. The fraction of sp³-hybridized carbons (Fsp3) is 0.294. The Hall–Kier alpha value is -1.35. The van der Waals surface area contributed by atoms with Gasteiger partial charge in [0.25, 0.3) is 0 Å². The predicted molar refractivity (Wildman–Crippen MR) is 83.9 cm³/mol. The summed E-state index contributed by atoms with van der Waals surface area (Å²) in [5, 5.41) is 4.38. The van der Waals surface area contributed by atoms with Crippen molar-refractivity contribution in [2.75, 3.05) is 19.6 Å². The maximum absolute atomic E-state index is 5.96. The fourth-order valence-electron chi connectivity index (χ4n) is 2.71. The van der Waals surface area contributed by atoms with E-state index in [4.69, 9.17) is 11.6 Å². The van der Waals surface area contributed by atoms with E-state index in [1.54, 1.807) is 0 Å². The summed E-state index contributed by atoms with van der Waals surface area (Å²) in [7, 11) is 0. The van der Waals surface area contributed by atoms with Crippen LogP contribution in [0.2, 0.25) is 5.02 Å². The number of piperazine rings is 1. The van der Waals surface area contributed by atoms with Crippen molar-refractivity contribution in [3.05, 3.63) is 70.7 Å². The van der Waals surface area contributed by atoms with Gasteiger partial charge in [-0.25, -0.2) is 0 Å². The van der Waals surface area contributed by atoms with Crippen molar-refractivity contribution in [2.24, 2.45) is 0 Å². The van der Waals surface area contributed by atoms with Gasteiger partial charge in [-0.1, -0.05) is 54.1 Å². The smallest absolute Gasteiger partial charge is 0.0449 e. The van der Waals surface area contributed by atoms with Gasteiger partial charge in [-0.15, -0.1) is 0 Å². The van der Waals surface area contributed by atoms with E-state index in [1.807, 2.05) is 12.1 Å². The molecule has 2 aromatic rings. The van der Waals surface area contributed by atoms with Crippen molar-refractivity contribution >= 4 is 11.6 Å². The topological polar surface area (TPSA) is 15.3 Å². The molecule has 0 saturated carbocycles. The molecule has 3 rings (SSSR count). The van der Waals surface area contributed by atoms with Crippen molar-refractivity contribution in [2.45, 2.75) is 12.6 Å². The van der Waals surface area contributed by atoms with Gasteiger partial charge >= 0.3 is 0 Å². The van der Waals surface area contributed by atoms with Gasteiger partial charge in [0.05, 0.1) is 0 Å². The number of benzene rings is 2. The molecule has 1 saturated heterocycles. The van der Waals surface area contributed by atoms with Crippen LogP contribution in [0.5, 0.6) is 0 Å². The number of hydrogen-bond donors (Lipinski definition) is 1. The molecule has 1 fully saturated rings. The number of rotatable bonds is 3. The molecular weight excluding hydrogens is 268 g/mol. The van der Waals surface area contributed by atoms with Crippen LogP contribution in [-0.4, -0.2) is 24.5 Å². The molecule has 0 bridgehead atoms. The van der Waals surface area contributed by atoms with Gasteiger partial charge in [0, 0.05) is 37.2 Å². The number of nitrogens with one attached hydrogen (secondary N) is 1. The predicted octanol–water partition coefficient (Wildman–Crippen LogP) is 3.49. The van der Waals surface area contributed by atoms with Crippen LogP contribution in [0.25, 0.3) is 0 Å². The number of hydrogen-bond acceptors (Lipinski definition) is 2. The highest BCUT2D eigenvalue weighted by Crippen LogP contribution is 2.20. The van der Waals surface area contributed by atoms with E-state index in [1.165, 1.54) is 11.1 Å². The molecule has 2 nitrogen and oxygen atoms in total. The maximum atomic E-state index is 5.96. The van der Waals surface area contributed by atoms with Gasteiger partial charge in [-0.05, 0) is 23.3 Å². The molecule has 1 aliphatic heterocycles. The second-order valence-electron chi connectivity index (χ2n) is 5.28. The number of halogens is 1. The minimum Gasteiger partial charge on any atom is -0.308 e. The van der Waals surface area contributed by atoms with Gasteiger partial charge in [-0.3, -0.25) is 4.90 Å². The second kappa shape index (κ2) is 6.40. The molecule has 1 unspecified atom stereocenters. The largest absolute Gasteiger partial charge is 0.308 e. The second-order valence-corrected chi connectivity index (χ2v) is 5.72. The lowest BCUT2D eigenvalue weighted by Gasteiger charge is -2.34. The zero-order valence-corrected chi connectivity index (χ0v) is 12.2. The van der Waals surface area contributed by atoms with E-state index >= 15 is 0 Å². The third kappa shape index (κ3) is 3.40. The Balaban J connectivity index is 1.66. The summed E-state index contributed by atoms with van der Waals surface area (Å²) in [4.78, 5) is 2.51. The van der Waals surface area contributed by atoms with Crippen LogP contribution in [0.4, 0.5) is 0 Å². The van der Waals surface area contributed by atoms with Crippen molar-refractivity contribution in [1.29, 1.82) is 0 Å². The Morgan fingerprint density at radius 3 is 2.55 bits per heavy atom. The van der Waals surface area contributed by atoms with Crippen molar-refractivity contribution in [1.82, 2.24) is 10.2 Å². The Labute approximate surface area is 125 Å². The Kier molecular flexibility index (Phi) is 4.36. The van der Waals surface area contributed by atoms with Crippen molar-refractivity contribution in [3.8, 4) is 0 Å². The molecular formula is C17H19ClN2. The molecule has 0 amide bonds. The van der Waals surface area contributed by atoms with Gasteiger partial charge < -0.3 is 5.32 Å². The van der Waals surface area contributed by atoms with Crippen LogP contribution in [0.1, 0.15) is 17.2 Å². The van der Waals surface area contributed by atoms with Gasteiger partial charge in [-0.2, -0.15) is 0 Å². The molecule has 0 radical (unpaired) electrons. The summed E-state index contributed by atoms with van der Waals surface area (Å²) < 4.78 is 0. The van der Waals surface area contributed by atoms with Crippen LogP contribution < -0.4 is 5.32 Å². The first-order valence-electron chi connectivity index (χ1n) is 7.06. The van der Waals surface area contributed by atoms with Crippen LogP contribution in [0.3, 0.4) is 0 Å². The normalized spacial score (nSPS) is 19.9. The van der Waals surface area contributed by atoms with Crippen LogP contribution in [-0.2, 0) is 6.54 Å². The summed E-state index contributed by atoms with van der Waals surface area (Å²) in [6.45, 7) is 4.18. The van der Waals surface area contributed by atoms with E-state index in [2.05, 4.69) is 52.7 Å². The minimum absolute atomic E-state index is 0.393. The molecule has 104 valence electrons. The maximum Gasteiger partial charge on any atom is 0.0449 e. The highest BCUT2D eigenvalue weighted by molar-refractivity contribution is 6.30. The lowest BCUT2D eigenvalue weighted by molar-refractivity contribution is 0.193. The fourth-order valence-corrected chi connectivity index (χ4v) is 2.84. The molecule has 0 aromatic heterocycles. The lowest BCUT2D eigenvalue weighted by atomic mass is 10.0. The van der Waals surface area contributed by atoms with Crippen LogP contribution >= 0.6 is 11.6 Å². The van der Waals surface area contributed by atoms with Crippen molar-refractivity contribution < 1.29 is 0 Å². The zero-order valence-electron chi connectivity index (χ0n) is 11.4. The Morgan fingerprint density at radius 2 is 1.80 bits per heavy atom. The van der Waals surface area contributed by atoms with E-state index in [-0.39, 0.29) is 0 Å². The molecule has 0 aliphatic carbocycles. The zero-order chi connectivity index (χ0) is 13.8. The quantitative estimate of drug-likeness (QED) is 0.929. The third-order valence-corrected chi connectivity index (χ3v) is 4.03. The van der Waals surface area contributed by atoms with Gasteiger partial charge in [0.1, 0.15) is 0 Å². The summed E-state index contributed by atoms with van der Waals surface area (Å²) in [6.07, 6.45) is 0. The first-order chi connectivity index (χ1) is 9.81. The van der Waals surface area contributed by atoms with Gasteiger partial charge in [0.2, 0.25) is 0 Å². The standard InChI is InChI=1S/C17H19ClN2/c18-16-8-6-15(7-9-16)17-13-20(11-10-19-17)12-14-4-2-1-3-5-14/h1-9,17,19H,10-13H2. The summed E-state index contributed by atoms with van der Waals surface area (Å²) in [5.74, 6) is 0. The SMILES string of the molecule is Clc1ccc(C2CN(Cc3ccccc3)CCN2)cc1. The minimum atomic E-state index is 0.393. The molecule has 3 heteroatoms. The Morgan fingerprint density at radius 1 is 1.05 bits per heavy atom. The lowest BCUT2D eigenvalue weighted by Crippen LogP contribution is -2.45. The number of nitrogens with zero attached hydrogens (tertiary/aromatic N) is 1. The molecule has 0 spiro atoms. The molecule has 1 heterocycles. The van der Waals surface area contributed by atoms with E-state index < -0.39 is 0 Å². The molecule has 2 aromatic carbocycles. The first kappa shape index (κ1) is 13.6. The average Bonchev–Trinajstić information content (AvgIpc) is 2.49. The average molecular weight is 287 g/mol. The molecule has 1 atom stereocenters. The van der Waals surface area contributed by atoms with E-state index in [0.717, 1.165) is 31.2 Å². The van der Waals surface area contributed by atoms with Crippen LogP contribution in [0, 0.1) is 0 Å². The Bertz CT molecular complexity index is 539. The molecule has 1 aliphatic rings. The monoisotopic (exact) mass is 286 g/mol. The summed E-state index contributed by atoms with van der Waals surface area (Å²) in [6, 6.07) is 19.2. The first-order valence-corrected chi connectivity index (χ1v) is 7.44. The van der Waals surface area contributed by atoms with Gasteiger partial charge in [0.15, 0.2) is 0 Å². The third-order valence-electron chi connectivity index (χ3n) is 3.78. The van der Waals surface area contributed by atoms with E-state index in [9.17, 15) is 0 Å². The molecule has 20 heavy (non-hydrogen) atoms. The summed E-state index contributed by atoms with van der Waals surface area (Å²) >= 11 is 5.96.